The minimum Gasteiger partial charge on any atom is -0.465 e. The first-order chi connectivity index (χ1) is 14.6. The number of esters is 1. The van der Waals surface area contributed by atoms with E-state index in [0.717, 1.165) is 19.7 Å². The average molecular weight is 444 g/mol. The van der Waals surface area contributed by atoms with Gasteiger partial charge in [-0.15, -0.1) is 0 Å². The number of ether oxygens (including phenoxy) is 1. The average Bonchev–Trinajstić information content (AvgIpc) is 3.13. The molecule has 0 saturated carbocycles. The second-order valence-corrected chi connectivity index (χ2v) is 9.47. The predicted octanol–water partition coefficient (Wildman–Crippen LogP) is 3.00. The summed E-state index contributed by atoms with van der Waals surface area (Å²) in [6.45, 7) is 3.20. The Balaban J connectivity index is 2.12. The van der Waals surface area contributed by atoms with Crippen LogP contribution < -0.4 is 4.31 Å². The standard InChI is InChI=1S/C22H25N3O5S/c1-15-10-11-16(2)20(12-15)25(31(28,29)23(3)4)14-21(26)24-13-18(22(27)30-5)17-8-6-7-9-19(17)24/h6-13H,14H2,1-5H3. The van der Waals surface area contributed by atoms with Crippen molar-refractivity contribution in [3.63, 3.8) is 0 Å². The van der Waals surface area contributed by atoms with Crippen LogP contribution >= 0.6 is 0 Å². The molecule has 0 spiro atoms. The molecule has 3 aromatic rings. The Morgan fingerprint density at radius 2 is 1.74 bits per heavy atom. The van der Waals surface area contributed by atoms with Crippen LogP contribution in [0.5, 0.6) is 0 Å². The van der Waals surface area contributed by atoms with E-state index in [4.69, 9.17) is 4.74 Å². The van der Waals surface area contributed by atoms with Crippen molar-refractivity contribution in [2.45, 2.75) is 13.8 Å². The number of para-hydroxylation sites is 1. The summed E-state index contributed by atoms with van der Waals surface area (Å²) in [4.78, 5) is 25.5. The van der Waals surface area contributed by atoms with Crippen molar-refractivity contribution in [1.82, 2.24) is 8.87 Å². The van der Waals surface area contributed by atoms with E-state index in [1.165, 1.54) is 32.0 Å². The van der Waals surface area contributed by atoms with Gasteiger partial charge in [-0.05, 0) is 37.1 Å². The number of nitrogens with zero attached hydrogens (tertiary/aromatic N) is 3. The number of fused-ring (bicyclic) bond motifs is 1. The zero-order valence-corrected chi connectivity index (χ0v) is 18.9. The first kappa shape index (κ1) is 22.5. The van der Waals surface area contributed by atoms with E-state index in [1.54, 1.807) is 37.3 Å². The number of benzene rings is 2. The molecule has 31 heavy (non-hydrogen) atoms. The molecule has 0 saturated heterocycles. The van der Waals surface area contributed by atoms with Crippen LogP contribution in [0.2, 0.25) is 0 Å². The third-order valence-corrected chi connectivity index (χ3v) is 6.84. The molecule has 0 aliphatic heterocycles. The van der Waals surface area contributed by atoms with Crippen molar-refractivity contribution < 1.29 is 22.7 Å². The minimum atomic E-state index is -3.96. The van der Waals surface area contributed by atoms with E-state index in [2.05, 4.69) is 0 Å². The quantitative estimate of drug-likeness (QED) is 0.547. The van der Waals surface area contributed by atoms with E-state index in [9.17, 15) is 18.0 Å². The highest BCUT2D eigenvalue weighted by Gasteiger charge is 2.30. The maximum absolute atomic E-state index is 13.3. The SMILES string of the molecule is COC(=O)c1cn(C(=O)CN(c2cc(C)ccc2C)S(=O)(=O)N(C)C)c2ccccc12. The molecule has 1 heterocycles. The van der Waals surface area contributed by atoms with Gasteiger partial charge in [0.1, 0.15) is 6.54 Å². The van der Waals surface area contributed by atoms with E-state index in [0.29, 0.717) is 16.6 Å². The van der Waals surface area contributed by atoms with Gasteiger partial charge < -0.3 is 4.74 Å². The van der Waals surface area contributed by atoms with Crippen molar-refractivity contribution >= 4 is 38.7 Å². The molecular formula is C22H25N3O5S. The first-order valence-electron chi connectivity index (χ1n) is 9.57. The van der Waals surface area contributed by atoms with Crippen LogP contribution in [0.25, 0.3) is 10.9 Å². The number of carbonyl (C=O) groups excluding carboxylic acids is 2. The van der Waals surface area contributed by atoms with Crippen molar-refractivity contribution in [2.75, 3.05) is 32.1 Å². The number of anilines is 1. The Bertz CT molecular complexity index is 1260. The molecule has 0 bridgehead atoms. The smallest absolute Gasteiger partial charge is 0.340 e. The molecule has 0 aliphatic rings. The summed E-state index contributed by atoms with van der Waals surface area (Å²) in [7, 11) is 0.135. The highest BCUT2D eigenvalue weighted by molar-refractivity contribution is 7.90. The van der Waals surface area contributed by atoms with Gasteiger partial charge in [0.15, 0.2) is 0 Å². The van der Waals surface area contributed by atoms with Gasteiger partial charge in [-0.2, -0.15) is 12.7 Å². The molecular weight excluding hydrogens is 418 g/mol. The maximum Gasteiger partial charge on any atom is 0.340 e. The summed E-state index contributed by atoms with van der Waals surface area (Å²) >= 11 is 0. The summed E-state index contributed by atoms with van der Waals surface area (Å²) in [5, 5.41) is 0.552. The number of hydrogen-bond acceptors (Lipinski definition) is 5. The predicted molar refractivity (Wildman–Crippen MR) is 120 cm³/mol. The van der Waals surface area contributed by atoms with Gasteiger partial charge in [-0.1, -0.05) is 30.3 Å². The Hall–Kier alpha value is -3.17. The second-order valence-electron chi connectivity index (χ2n) is 7.40. The third-order valence-electron chi connectivity index (χ3n) is 5.04. The number of rotatable bonds is 6. The van der Waals surface area contributed by atoms with E-state index in [1.807, 2.05) is 19.1 Å². The molecule has 2 aromatic carbocycles. The summed E-state index contributed by atoms with van der Waals surface area (Å²) < 4.78 is 34.5. The van der Waals surface area contributed by atoms with Crippen LogP contribution in [0.3, 0.4) is 0 Å². The highest BCUT2D eigenvalue weighted by Crippen LogP contribution is 2.27. The fourth-order valence-electron chi connectivity index (χ4n) is 3.33. The minimum absolute atomic E-state index is 0.236. The largest absolute Gasteiger partial charge is 0.465 e. The second kappa shape index (κ2) is 8.52. The maximum atomic E-state index is 13.3. The van der Waals surface area contributed by atoms with E-state index in [-0.39, 0.29) is 5.56 Å². The van der Waals surface area contributed by atoms with E-state index < -0.39 is 28.6 Å². The molecule has 0 aliphatic carbocycles. The Morgan fingerprint density at radius 3 is 2.39 bits per heavy atom. The van der Waals surface area contributed by atoms with Crippen LogP contribution in [0.4, 0.5) is 5.69 Å². The normalized spacial score (nSPS) is 11.7. The van der Waals surface area contributed by atoms with Crippen LogP contribution in [0.15, 0.2) is 48.7 Å². The Kier molecular flexibility index (Phi) is 6.19. The first-order valence-corrected chi connectivity index (χ1v) is 11.0. The van der Waals surface area contributed by atoms with Gasteiger partial charge in [0.05, 0.1) is 23.9 Å². The number of hydrogen-bond donors (Lipinski definition) is 0. The molecule has 0 atom stereocenters. The van der Waals surface area contributed by atoms with E-state index >= 15 is 0 Å². The molecule has 8 nitrogen and oxygen atoms in total. The van der Waals surface area contributed by atoms with Crippen LogP contribution in [-0.2, 0) is 14.9 Å². The zero-order chi connectivity index (χ0) is 22.9. The summed E-state index contributed by atoms with van der Waals surface area (Å²) in [6.07, 6.45) is 1.39. The topological polar surface area (TPSA) is 88.9 Å². The fraction of sp³-hybridized carbons (Fsp3) is 0.273. The van der Waals surface area contributed by atoms with Crippen molar-refractivity contribution in [3.8, 4) is 0 Å². The van der Waals surface area contributed by atoms with Gasteiger partial charge in [0, 0.05) is 25.7 Å². The summed E-state index contributed by atoms with van der Waals surface area (Å²) in [5.74, 6) is -1.08. The Morgan fingerprint density at radius 1 is 1.06 bits per heavy atom. The lowest BCUT2D eigenvalue weighted by molar-refractivity contribution is 0.0603. The highest BCUT2D eigenvalue weighted by atomic mass is 32.2. The lowest BCUT2D eigenvalue weighted by Crippen LogP contribution is -2.44. The molecule has 1 aromatic heterocycles. The number of carbonyl (C=O) groups is 2. The lowest BCUT2D eigenvalue weighted by atomic mass is 10.1. The van der Waals surface area contributed by atoms with Gasteiger partial charge >= 0.3 is 16.2 Å². The van der Waals surface area contributed by atoms with Crippen molar-refractivity contribution in [2.24, 2.45) is 0 Å². The van der Waals surface area contributed by atoms with Crippen LogP contribution in [0.1, 0.15) is 26.3 Å². The molecule has 0 amide bonds. The fourth-order valence-corrected chi connectivity index (χ4v) is 4.45. The molecule has 164 valence electrons. The van der Waals surface area contributed by atoms with Crippen molar-refractivity contribution in [1.29, 1.82) is 0 Å². The number of methoxy groups -OCH3 is 1. The van der Waals surface area contributed by atoms with Gasteiger partial charge in [0.2, 0.25) is 0 Å². The van der Waals surface area contributed by atoms with Crippen LogP contribution in [0, 0.1) is 13.8 Å². The molecule has 0 unspecified atom stereocenters. The molecule has 0 fully saturated rings. The number of aromatic nitrogens is 1. The van der Waals surface area contributed by atoms with Gasteiger partial charge in [-0.3, -0.25) is 9.36 Å². The summed E-state index contributed by atoms with van der Waals surface area (Å²) in [5.41, 5.74) is 2.74. The monoisotopic (exact) mass is 443 g/mol. The molecule has 0 radical (unpaired) electrons. The molecule has 0 N–H and O–H groups in total. The number of aryl methyl sites for hydroxylation is 2. The van der Waals surface area contributed by atoms with Crippen LogP contribution in [-0.4, -0.2) is 56.9 Å². The van der Waals surface area contributed by atoms with Crippen molar-refractivity contribution in [3.05, 3.63) is 65.4 Å². The Labute approximate surface area is 181 Å². The van der Waals surface area contributed by atoms with Gasteiger partial charge in [0.25, 0.3) is 5.91 Å². The third kappa shape index (κ3) is 4.19. The summed E-state index contributed by atoms with van der Waals surface area (Å²) in [6, 6.07) is 12.3. The molecule has 3 rings (SSSR count). The molecule has 9 heteroatoms. The lowest BCUT2D eigenvalue weighted by Gasteiger charge is -2.28. The van der Waals surface area contributed by atoms with Gasteiger partial charge in [-0.25, -0.2) is 9.10 Å². The zero-order valence-electron chi connectivity index (χ0n) is 18.1.